The molecule has 0 aliphatic carbocycles. The first-order valence-corrected chi connectivity index (χ1v) is 7.85. The van der Waals surface area contributed by atoms with Crippen LogP contribution in [0.1, 0.15) is 49.2 Å². The number of benzene rings is 1. The molecule has 0 aliphatic heterocycles. The Morgan fingerprint density at radius 1 is 1.14 bits per heavy atom. The topological polar surface area (TPSA) is 24.9 Å². The number of aromatic nitrogens is 1. The van der Waals surface area contributed by atoms with Crippen molar-refractivity contribution < 1.29 is 0 Å². The second-order valence-electron chi connectivity index (χ2n) is 5.97. The van der Waals surface area contributed by atoms with Crippen LogP contribution in [0.2, 0.25) is 0 Å². The molecule has 0 bridgehead atoms. The fourth-order valence-electron chi connectivity index (χ4n) is 2.84. The smallest absolute Gasteiger partial charge is 0.0751 e. The van der Waals surface area contributed by atoms with Crippen LogP contribution in [0.5, 0.6) is 0 Å². The average molecular weight is 282 g/mol. The second-order valence-corrected chi connectivity index (χ2v) is 5.97. The maximum Gasteiger partial charge on any atom is 0.0751 e. The molecule has 1 N–H and O–H groups in total. The molecule has 21 heavy (non-hydrogen) atoms. The van der Waals surface area contributed by atoms with E-state index in [2.05, 4.69) is 61.4 Å². The molecule has 2 rings (SSSR count). The zero-order valence-electron chi connectivity index (χ0n) is 13.6. The van der Waals surface area contributed by atoms with Crippen LogP contribution in [0.4, 0.5) is 0 Å². The van der Waals surface area contributed by atoms with E-state index >= 15 is 0 Å². The molecule has 1 atom stereocenters. The Morgan fingerprint density at radius 2 is 1.95 bits per heavy atom. The van der Waals surface area contributed by atoms with Crippen molar-refractivity contribution >= 4 is 0 Å². The average Bonchev–Trinajstić information content (AvgIpc) is 2.48. The van der Waals surface area contributed by atoms with E-state index in [9.17, 15) is 0 Å². The SMILES string of the molecule is CCc1cccnc1C(NC)c1cccc(CC(C)C)c1. The van der Waals surface area contributed by atoms with Gasteiger partial charge in [0.05, 0.1) is 11.7 Å². The van der Waals surface area contributed by atoms with Gasteiger partial charge in [-0.1, -0.05) is 51.1 Å². The summed E-state index contributed by atoms with van der Waals surface area (Å²) in [5, 5.41) is 3.43. The third-order valence-corrected chi connectivity index (χ3v) is 3.80. The number of hydrogen-bond acceptors (Lipinski definition) is 2. The predicted molar refractivity (Wildman–Crippen MR) is 89.5 cm³/mol. The van der Waals surface area contributed by atoms with Crippen molar-refractivity contribution in [1.29, 1.82) is 0 Å². The molecule has 2 aromatic rings. The van der Waals surface area contributed by atoms with Gasteiger partial charge in [0.15, 0.2) is 0 Å². The molecule has 112 valence electrons. The van der Waals surface area contributed by atoms with Crippen molar-refractivity contribution in [2.24, 2.45) is 5.92 Å². The van der Waals surface area contributed by atoms with Gasteiger partial charge in [-0.15, -0.1) is 0 Å². The molecular weight excluding hydrogens is 256 g/mol. The van der Waals surface area contributed by atoms with Gasteiger partial charge < -0.3 is 5.32 Å². The Balaban J connectivity index is 2.37. The molecule has 0 amide bonds. The molecule has 0 saturated carbocycles. The highest BCUT2D eigenvalue weighted by Gasteiger charge is 2.16. The van der Waals surface area contributed by atoms with Gasteiger partial charge in [0.2, 0.25) is 0 Å². The Morgan fingerprint density at radius 3 is 2.62 bits per heavy atom. The van der Waals surface area contributed by atoms with Crippen LogP contribution in [0.25, 0.3) is 0 Å². The predicted octanol–water partition coefficient (Wildman–Crippen LogP) is 4.15. The fraction of sp³-hybridized carbons (Fsp3) is 0.421. The lowest BCUT2D eigenvalue weighted by molar-refractivity contribution is 0.639. The van der Waals surface area contributed by atoms with Crippen LogP contribution in [0.3, 0.4) is 0 Å². The van der Waals surface area contributed by atoms with Crippen molar-refractivity contribution in [2.45, 2.75) is 39.7 Å². The van der Waals surface area contributed by atoms with E-state index in [1.165, 1.54) is 16.7 Å². The summed E-state index contributed by atoms with van der Waals surface area (Å²) < 4.78 is 0. The quantitative estimate of drug-likeness (QED) is 0.861. The van der Waals surface area contributed by atoms with E-state index in [-0.39, 0.29) is 6.04 Å². The van der Waals surface area contributed by atoms with Crippen LogP contribution in [-0.2, 0) is 12.8 Å². The number of nitrogens with zero attached hydrogens (tertiary/aromatic N) is 1. The molecule has 1 heterocycles. The number of aryl methyl sites for hydroxylation is 1. The maximum absolute atomic E-state index is 4.63. The van der Waals surface area contributed by atoms with Crippen molar-refractivity contribution in [3.05, 3.63) is 65.0 Å². The van der Waals surface area contributed by atoms with Crippen molar-refractivity contribution in [3.8, 4) is 0 Å². The number of rotatable bonds is 6. The van der Waals surface area contributed by atoms with Gasteiger partial charge in [-0.2, -0.15) is 0 Å². The molecule has 2 nitrogen and oxygen atoms in total. The Kier molecular flexibility index (Phi) is 5.51. The van der Waals surface area contributed by atoms with Gasteiger partial charge in [-0.05, 0) is 48.6 Å². The van der Waals surface area contributed by atoms with Gasteiger partial charge in [0.25, 0.3) is 0 Å². The summed E-state index contributed by atoms with van der Waals surface area (Å²) in [4.78, 5) is 4.63. The van der Waals surface area contributed by atoms with E-state index in [0.717, 1.165) is 18.5 Å². The molecule has 0 aliphatic rings. The lowest BCUT2D eigenvalue weighted by Gasteiger charge is -2.20. The summed E-state index contributed by atoms with van der Waals surface area (Å²) in [6.45, 7) is 6.70. The second kappa shape index (κ2) is 7.37. The number of hydrogen-bond donors (Lipinski definition) is 1. The zero-order valence-corrected chi connectivity index (χ0v) is 13.6. The van der Waals surface area contributed by atoms with Crippen LogP contribution >= 0.6 is 0 Å². The van der Waals surface area contributed by atoms with E-state index in [4.69, 9.17) is 0 Å². The minimum Gasteiger partial charge on any atom is -0.308 e. The van der Waals surface area contributed by atoms with Gasteiger partial charge in [0.1, 0.15) is 0 Å². The summed E-state index contributed by atoms with van der Waals surface area (Å²) in [7, 11) is 2.01. The van der Waals surface area contributed by atoms with Crippen LogP contribution in [0.15, 0.2) is 42.6 Å². The molecule has 0 radical (unpaired) electrons. The van der Waals surface area contributed by atoms with Gasteiger partial charge in [-0.25, -0.2) is 0 Å². The third-order valence-electron chi connectivity index (χ3n) is 3.80. The monoisotopic (exact) mass is 282 g/mol. The number of nitrogens with one attached hydrogen (secondary N) is 1. The van der Waals surface area contributed by atoms with Gasteiger partial charge in [-0.3, -0.25) is 4.98 Å². The van der Waals surface area contributed by atoms with Crippen molar-refractivity contribution in [3.63, 3.8) is 0 Å². The highest BCUT2D eigenvalue weighted by Crippen LogP contribution is 2.24. The molecule has 1 aromatic carbocycles. The Labute approximate surface area is 128 Å². The molecule has 1 unspecified atom stereocenters. The lowest BCUT2D eigenvalue weighted by atomic mass is 9.94. The zero-order chi connectivity index (χ0) is 15.2. The highest BCUT2D eigenvalue weighted by atomic mass is 14.9. The summed E-state index contributed by atoms with van der Waals surface area (Å²) >= 11 is 0. The van der Waals surface area contributed by atoms with Gasteiger partial charge >= 0.3 is 0 Å². The molecular formula is C19H26N2. The largest absolute Gasteiger partial charge is 0.308 e. The maximum atomic E-state index is 4.63. The van der Waals surface area contributed by atoms with Crippen LogP contribution in [-0.4, -0.2) is 12.0 Å². The molecule has 0 saturated heterocycles. The highest BCUT2D eigenvalue weighted by molar-refractivity contribution is 5.35. The molecule has 1 aromatic heterocycles. The summed E-state index contributed by atoms with van der Waals surface area (Å²) in [6.07, 6.45) is 4.01. The Bertz CT molecular complexity index is 575. The summed E-state index contributed by atoms with van der Waals surface area (Å²) in [5.41, 5.74) is 5.15. The van der Waals surface area contributed by atoms with E-state index < -0.39 is 0 Å². The normalized spacial score (nSPS) is 12.6. The van der Waals surface area contributed by atoms with Crippen LogP contribution < -0.4 is 5.32 Å². The molecule has 0 spiro atoms. The first kappa shape index (κ1) is 15.7. The van der Waals surface area contributed by atoms with E-state index in [0.29, 0.717) is 5.92 Å². The van der Waals surface area contributed by atoms with E-state index in [1.54, 1.807) is 0 Å². The third kappa shape index (κ3) is 3.92. The summed E-state index contributed by atoms with van der Waals surface area (Å²) in [6, 6.07) is 13.2. The van der Waals surface area contributed by atoms with Gasteiger partial charge in [0, 0.05) is 6.20 Å². The summed E-state index contributed by atoms with van der Waals surface area (Å²) in [5.74, 6) is 0.675. The first-order chi connectivity index (χ1) is 10.2. The number of pyridine rings is 1. The molecule has 0 fully saturated rings. The van der Waals surface area contributed by atoms with E-state index in [1.807, 2.05) is 19.3 Å². The first-order valence-electron chi connectivity index (χ1n) is 7.85. The van der Waals surface area contributed by atoms with Crippen molar-refractivity contribution in [2.75, 3.05) is 7.05 Å². The Hall–Kier alpha value is -1.67. The fourth-order valence-corrected chi connectivity index (χ4v) is 2.84. The lowest BCUT2D eigenvalue weighted by Crippen LogP contribution is -2.20. The van der Waals surface area contributed by atoms with Crippen molar-refractivity contribution in [1.82, 2.24) is 10.3 Å². The van der Waals surface area contributed by atoms with Crippen LogP contribution in [0, 0.1) is 5.92 Å². The minimum atomic E-state index is 0.160. The minimum absolute atomic E-state index is 0.160. The standard InChI is InChI=1S/C19H26N2/c1-5-16-10-7-11-21-19(16)18(20-4)17-9-6-8-15(13-17)12-14(2)3/h6-11,13-14,18,20H,5,12H2,1-4H3. The molecule has 2 heteroatoms.